The number of amides is 1. The molecule has 0 aliphatic heterocycles. The zero-order valence-electron chi connectivity index (χ0n) is 16.3. The van der Waals surface area contributed by atoms with Crippen molar-refractivity contribution in [2.75, 3.05) is 6.61 Å². The van der Waals surface area contributed by atoms with Crippen molar-refractivity contribution in [2.45, 2.75) is 51.5 Å². The van der Waals surface area contributed by atoms with E-state index in [-0.39, 0.29) is 29.8 Å². The van der Waals surface area contributed by atoms with Crippen molar-refractivity contribution in [3.05, 3.63) is 35.7 Å². The molecule has 152 valence electrons. The first kappa shape index (κ1) is 19.2. The molecule has 0 radical (unpaired) electrons. The number of fused-ring (bicyclic) bond motifs is 1. The molecule has 1 fully saturated rings. The highest BCUT2D eigenvalue weighted by Crippen LogP contribution is 2.27. The molecule has 1 amide bonds. The van der Waals surface area contributed by atoms with Crippen molar-refractivity contribution in [1.82, 2.24) is 15.5 Å². The van der Waals surface area contributed by atoms with E-state index in [9.17, 15) is 9.59 Å². The van der Waals surface area contributed by atoms with E-state index in [1.807, 2.05) is 0 Å². The van der Waals surface area contributed by atoms with E-state index >= 15 is 0 Å². The molecule has 0 bridgehead atoms. The molecule has 0 saturated heterocycles. The lowest BCUT2D eigenvalue weighted by Crippen LogP contribution is -2.37. The van der Waals surface area contributed by atoms with E-state index in [1.165, 1.54) is 19.1 Å². The van der Waals surface area contributed by atoms with Crippen LogP contribution in [0.3, 0.4) is 0 Å². The van der Waals surface area contributed by atoms with Gasteiger partial charge in [0, 0.05) is 6.04 Å². The maximum atomic E-state index is 12.8. The highest BCUT2D eigenvalue weighted by atomic mass is 16.5. The van der Waals surface area contributed by atoms with Gasteiger partial charge in [-0.1, -0.05) is 30.8 Å². The van der Waals surface area contributed by atoms with Crippen LogP contribution in [0.4, 0.5) is 0 Å². The molecule has 29 heavy (non-hydrogen) atoms. The van der Waals surface area contributed by atoms with Gasteiger partial charge in [0.25, 0.3) is 11.6 Å². The average molecular weight is 397 g/mol. The number of hydrogen-bond acceptors (Lipinski definition) is 7. The van der Waals surface area contributed by atoms with Gasteiger partial charge in [0.2, 0.25) is 0 Å². The summed E-state index contributed by atoms with van der Waals surface area (Å²) in [6.45, 7) is 1.38. The van der Waals surface area contributed by atoms with E-state index in [0.29, 0.717) is 22.5 Å². The van der Waals surface area contributed by atoms with Crippen molar-refractivity contribution >= 4 is 23.0 Å². The molecule has 3 heterocycles. The van der Waals surface area contributed by atoms with Gasteiger partial charge in [0.05, 0.1) is 22.9 Å². The third-order valence-electron chi connectivity index (χ3n) is 5.17. The summed E-state index contributed by atoms with van der Waals surface area (Å²) in [7, 11) is 0. The molecular weight excluding hydrogens is 374 g/mol. The number of carbonyl (C=O) groups is 2. The Balaban J connectivity index is 1.49. The number of esters is 1. The Morgan fingerprint density at radius 2 is 2.03 bits per heavy atom. The minimum atomic E-state index is -0.632. The zero-order chi connectivity index (χ0) is 20.2. The summed E-state index contributed by atoms with van der Waals surface area (Å²) in [5.74, 6) is -0.433. The van der Waals surface area contributed by atoms with E-state index in [2.05, 4.69) is 15.5 Å². The second-order valence-corrected chi connectivity index (χ2v) is 7.31. The fourth-order valence-corrected chi connectivity index (χ4v) is 3.71. The Kier molecular flexibility index (Phi) is 5.59. The topological polar surface area (TPSA) is 107 Å². The lowest BCUT2D eigenvalue weighted by Gasteiger charge is -2.16. The SMILES string of the molecule is Cc1noc2nc(-c3ccco3)cc(C(=O)OCC(=O)NC3CCCCCC3)c12. The standard InChI is InChI=1S/C21H23N3O5/c1-13-19-15(11-16(17-9-6-10-27-17)23-20(19)29-24-13)21(26)28-12-18(25)22-14-7-4-2-3-5-8-14/h6,9-11,14H,2-5,7-8,12H2,1H3,(H,22,25). The van der Waals surface area contributed by atoms with Crippen LogP contribution in [0, 0.1) is 6.92 Å². The van der Waals surface area contributed by atoms with Gasteiger partial charge in [0.1, 0.15) is 5.69 Å². The third-order valence-corrected chi connectivity index (χ3v) is 5.17. The van der Waals surface area contributed by atoms with Gasteiger partial charge in [-0.2, -0.15) is 0 Å². The van der Waals surface area contributed by atoms with Gasteiger partial charge in [-0.15, -0.1) is 0 Å². The predicted molar refractivity (Wildman–Crippen MR) is 104 cm³/mol. The second-order valence-electron chi connectivity index (χ2n) is 7.31. The third kappa shape index (κ3) is 4.31. The largest absolute Gasteiger partial charge is 0.463 e. The van der Waals surface area contributed by atoms with Gasteiger partial charge in [-0.25, -0.2) is 9.78 Å². The van der Waals surface area contributed by atoms with E-state index in [0.717, 1.165) is 25.7 Å². The van der Waals surface area contributed by atoms with Gasteiger partial charge < -0.3 is 19.0 Å². The predicted octanol–water partition coefficient (Wildman–Crippen LogP) is 3.79. The molecule has 4 rings (SSSR count). The highest BCUT2D eigenvalue weighted by molar-refractivity contribution is 6.04. The average Bonchev–Trinajstić information content (AvgIpc) is 3.31. The van der Waals surface area contributed by atoms with E-state index < -0.39 is 5.97 Å². The highest BCUT2D eigenvalue weighted by Gasteiger charge is 2.22. The molecular formula is C21H23N3O5. The van der Waals surface area contributed by atoms with Gasteiger partial charge in [-0.3, -0.25) is 4.79 Å². The number of nitrogens with zero attached hydrogens (tertiary/aromatic N) is 2. The van der Waals surface area contributed by atoms with Crippen molar-refractivity contribution < 1.29 is 23.3 Å². The number of rotatable bonds is 5. The van der Waals surface area contributed by atoms with Crippen LogP contribution in [-0.2, 0) is 9.53 Å². The number of aryl methyl sites for hydroxylation is 1. The van der Waals surface area contributed by atoms with Crippen LogP contribution < -0.4 is 5.32 Å². The summed E-state index contributed by atoms with van der Waals surface area (Å²) >= 11 is 0. The van der Waals surface area contributed by atoms with Crippen LogP contribution in [0.25, 0.3) is 22.6 Å². The molecule has 3 aromatic heterocycles. The molecule has 1 N–H and O–H groups in total. The number of ether oxygens (including phenoxy) is 1. The number of nitrogens with one attached hydrogen (secondary N) is 1. The van der Waals surface area contributed by atoms with Crippen molar-refractivity contribution in [3.8, 4) is 11.5 Å². The molecule has 3 aromatic rings. The molecule has 8 heteroatoms. The molecule has 0 atom stereocenters. The first-order valence-corrected chi connectivity index (χ1v) is 9.89. The molecule has 1 saturated carbocycles. The summed E-state index contributed by atoms with van der Waals surface area (Å²) in [6.07, 6.45) is 8.09. The van der Waals surface area contributed by atoms with Gasteiger partial charge >= 0.3 is 5.97 Å². The quantitative estimate of drug-likeness (QED) is 0.515. The van der Waals surface area contributed by atoms with E-state index in [4.69, 9.17) is 13.7 Å². The summed E-state index contributed by atoms with van der Waals surface area (Å²) in [4.78, 5) is 29.4. The Hall–Kier alpha value is -3.16. The molecule has 0 unspecified atom stereocenters. The second kappa shape index (κ2) is 8.46. The fraction of sp³-hybridized carbons (Fsp3) is 0.429. The van der Waals surface area contributed by atoms with Crippen LogP contribution in [-0.4, -0.2) is 34.7 Å². The van der Waals surface area contributed by atoms with Crippen LogP contribution in [0.1, 0.15) is 54.6 Å². The molecule has 0 spiro atoms. The lowest BCUT2D eigenvalue weighted by atomic mass is 10.1. The van der Waals surface area contributed by atoms with Crippen molar-refractivity contribution in [2.24, 2.45) is 0 Å². The summed E-state index contributed by atoms with van der Waals surface area (Å²) < 4.78 is 15.9. The van der Waals surface area contributed by atoms with Crippen LogP contribution in [0.15, 0.2) is 33.4 Å². The molecule has 0 aromatic carbocycles. The first-order chi connectivity index (χ1) is 14.1. The lowest BCUT2D eigenvalue weighted by molar-refractivity contribution is -0.125. The summed E-state index contributed by atoms with van der Waals surface area (Å²) in [5.41, 5.74) is 1.40. The number of carbonyl (C=O) groups excluding carboxylic acids is 2. The molecule has 1 aliphatic rings. The minimum absolute atomic E-state index is 0.155. The normalized spacial score (nSPS) is 15.2. The van der Waals surface area contributed by atoms with Gasteiger partial charge in [-0.05, 0) is 38.0 Å². The number of hydrogen-bond donors (Lipinski definition) is 1. The monoisotopic (exact) mass is 397 g/mol. The number of furan rings is 1. The van der Waals surface area contributed by atoms with Crippen LogP contribution >= 0.6 is 0 Å². The Labute approximate surface area is 167 Å². The zero-order valence-corrected chi connectivity index (χ0v) is 16.3. The van der Waals surface area contributed by atoms with Crippen molar-refractivity contribution in [3.63, 3.8) is 0 Å². The Bertz CT molecular complexity index is 1000. The summed E-state index contributed by atoms with van der Waals surface area (Å²) in [6, 6.07) is 5.17. The maximum absolute atomic E-state index is 12.8. The molecule has 8 nitrogen and oxygen atoms in total. The van der Waals surface area contributed by atoms with E-state index in [1.54, 1.807) is 25.1 Å². The number of aromatic nitrogens is 2. The first-order valence-electron chi connectivity index (χ1n) is 9.89. The van der Waals surface area contributed by atoms with Crippen LogP contribution in [0.2, 0.25) is 0 Å². The van der Waals surface area contributed by atoms with Crippen molar-refractivity contribution in [1.29, 1.82) is 0 Å². The van der Waals surface area contributed by atoms with Gasteiger partial charge in [0.15, 0.2) is 12.4 Å². The Morgan fingerprint density at radius 1 is 1.24 bits per heavy atom. The summed E-state index contributed by atoms with van der Waals surface area (Å²) in [5, 5.41) is 7.32. The smallest absolute Gasteiger partial charge is 0.339 e. The van der Waals surface area contributed by atoms with Crippen LogP contribution in [0.5, 0.6) is 0 Å². The minimum Gasteiger partial charge on any atom is -0.463 e. The number of pyridine rings is 1. The fourth-order valence-electron chi connectivity index (χ4n) is 3.71. The Morgan fingerprint density at radius 3 is 2.76 bits per heavy atom. The maximum Gasteiger partial charge on any atom is 0.339 e. The molecule has 1 aliphatic carbocycles.